The minimum atomic E-state index is -0.925. The molecular weight excluding hydrogens is 248 g/mol. The standard InChI is InChI=1S/C12H16N4O3/c1-7-8(6-17)10(15(4)14-7)16-5-9(18)13-11(19)12(16,2)3/h6H,5H2,1-4H3,(H,13,18,19). The van der Waals surface area contributed by atoms with Crippen LogP contribution in [0.1, 0.15) is 29.9 Å². The molecule has 1 aliphatic rings. The fourth-order valence-electron chi connectivity index (χ4n) is 2.24. The molecule has 0 unspecified atom stereocenters. The van der Waals surface area contributed by atoms with Crippen LogP contribution in [0, 0.1) is 6.92 Å². The highest BCUT2D eigenvalue weighted by Crippen LogP contribution is 2.29. The number of anilines is 1. The smallest absolute Gasteiger partial charge is 0.251 e. The lowest BCUT2D eigenvalue weighted by atomic mass is 9.98. The van der Waals surface area contributed by atoms with E-state index in [2.05, 4.69) is 10.4 Å². The molecule has 1 N–H and O–H groups in total. The zero-order chi connectivity index (χ0) is 14.4. The van der Waals surface area contributed by atoms with Crippen LogP contribution < -0.4 is 10.2 Å². The molecule has 1 aliphatic heterocycles. The van der Waals surface area contributed by atoms with Gasteiger partial charge in [-0.25, -0.2) is 0 Å². The molecule has 2 heterocycles. The van der Waals surface area contributed by atoms with Crippen LogP contribution >= 0.6 is 0 Å². The van der Waals surface area contributed by atoms with Gasteiger partial charge in [0, 0.05) is 7.05 Å². The molecule has 1 aromatic rings. The summed E-state index contributed by atoms with van der Waals surface area (Å²) in [7, 11) is 1.68. The van der Waals surface area contributed by atoms with Gasteiger partial charge in [-0.3, -0.25) is 24.4 Å². The SMILES string of the molecule is Cc1nn(C)c(N2CC(=O)NC(=O)C2(C)C)c1C=O. The molecule has 19 heavy (non-hydrogen) atoms. The van der Waals surface area contributed by atoms with Crippen LogP contribution in [0.25, 0.3) is 0 Å². The molecule has 102 valence electrons. The number of hydrogen-bond acceptors (Lipinski definition) is 5. The summed E-state index contributed by atoms with van der Waals surface area (Å²) >= 11 is 0. The Morgan fingerprint density at radius 2 is 2.00 bits per heavy atom. The fraction of sp³-hybridized carbons (Fsp3) is 0.500. The van der Waals surface area contributed by atoms with Crippen molar-refractivity contribution in [1.29, 1.82) is 0 Å². The Morgan fingerprint density at radius 1 is 1.37 bits per heavy atom. The van der Waals surface area contributed by atoms with Crippen molar-refractivity contribution in [2.45, 2.75) is 26.3 Å². The molecule has 1 saturated heterocycles. The van der Waals surface area contributed by atoms with Gasteiger partial charge in [0.15, 0.2) is 6.29 Å². The first kappa shape index (κ1) is 13.3. The summed E-state index contributed by atoms with van der Waals surface area (Å²) in [6.07, 6.45) is 0.699. The van der Waals surface area contributed by atoms with Crippen molar-refractivity contribution < 1.29 is 14.4 Å². The number of nitrogens with zero attached hydrogens (tertiary/aromatic N) is 3. The maximum Gasteiger partial charge on any atom is 0.251 e. The Labute approximate surface area is 110 Å². The minimum Gasteiger partial charge on any atom is -0.333 e. The maximum absolute atomic E-state index is 11.9. The Kier molecular flexibility index (Phi) is 2.92. The summed E-state index contributed by atoms with van der Waals surface area (Å²) < 4.78 is 1.52. The van der Waals surface area contributed by atoms with Crippen molar-refractivity contribution in [1.82, 2.24) is 15.1 Å². The number of imide groups is 1. The van der Waals surface area contributed by atoms with Crippen LogP contribution in [-0.2, 0) is 16.6 Å². The fourth-order valence-corrected chi connectivity index (χ4v) is 2.24. The van der Waals surface area contributed by atoms with Gasteiger partial charge < -0.3 is 4.90 Å². The lowest BCUT2D eigenvalue weighted by Gasteiger charge is -2.41. The third kappa shape index (κ3) is 1.91. The van der Waals surface area contributed by atoms with Gasteiger partial charge in [0.1, 0.15) is 11.4 Å². The van der Waals surface area contributed by atoms with E-state index < -0.39 is 5.54 Å². The molecule has 0 atom stereocenters. The normalized spacial score (nSPS) is 18.4. The third-order valence-electron chi connectivity index (χ3n) is 3.40. The molecule has 1 aromatic heterocycles. The lowest BCUT2D eigenvalue weighted by molar-refractivity contribution is -0.135. The van der Waals surface area contributed by atoms with E-state index in [-0.39, 0.29) is 18.4 Å². The molecule has 0 saturated carbocycles. The van der Waals surface area contributed by atoms with Crippen LogP contribution in [0.2, 0.25) is 0 Å². The van der Waals surface area contributed by atoms with E-state index in [0.717, 1.165) is 0 Å². The molecular formula is C12H16N4O3. The topological polar surface area (TPSA) is 84.3 Å². The highest BCUT2D eigenvalue weighted by Gasteiger charge is 2.43. The minimum absolute atomic E-state index is 0.0125. The number of nitrogens with one attached hydrogen (secondary N) is 1. The van der Waals surface area contributed by atoms with Crippen LogP contribution in [0.4, 0.5) is 5.82 Å². The number of carbonyl (C=O) groups excluding carboxylic acids is 3. The zero-order valence-corrected chi connectivity index (χ0v) is 11.4. The average Bonchev–Trinajstić information content (AvgIpc) is 2.58. The van der Waals surface area contributed by atoms with E-state index in [9.17, 15) is 14.4 Å². The van der Waals surface area contributed by atoms with Gasteiger partial charge in [0.05, 0.1) is 17.8 Å². The summed E-state index contributed by atoms with van der Waals surface area (Å²) in [4.78, 5) is 36.3. The molecule has 7 nitrogen and oxygen atoms in total. The summed E-state index contributed by atoms with van der Waals surface area (Å²) in [6, 6.07) is 0. The number of amides is 2. The Bertz CT molecular complexity index is 574. The number of carbonyl (C=O) groups is 3. The molecule has 0 spiro atoms. The zero-order valence-electron chi connectivity index (χ0n) is 11.4. The van der Waals surface area contributed by atoms with E-state index in [0.29, 0.717) is 23.4 Å². The molecule has 2 rings (SSSR count). The van der Waals surface area contributed by atoms with Gasteiger partial charge in [-0.15, -0.1) is 0 Å². The van der Waals surface area contributed by atoms with Crippen LogP contribution in [0.15, 0.2) is 0 Å². The van der Waals surface area contributed by atoms with Crippen molar-refractivity contribution >= 4 is 23.9 Å². The summed E-state index contributed by atoms with van der Waals surface area (Å²) in [5.41, 5.74) is 0.0473. The molecule has 0 bridgehead atoms. The first-order valence-corrected chi connectivity index (χ1v) is 5.89. The van der Waals surface area contributed by atoms with Gasteiger partial charge in [-0.2, -0.15) is 5.10 Å². The number of rotatable bonds is 2. The summed E-state index contributed by atoms with van der Waals surface area (Å²) in [5, 5.41) is 6.47. The van der Waals surface area contributed by atoms with Crippen LogP contribution in [0.5, 0.6) is 0 Å². The monoisotopic (exact) mass is 264 g/mol. The molecule has 0 aliphatic carbocycles. The number of hydrogen-bond donors (Lipinski definition) is 1. The van der Waals surface area contributed by atoms with Gasteiger partial charge >= 0.3 is 0 Å². The van der Waals surface area contributed by atoms with Crippen LogP contribution in [0.3, 0.4) is 0 Å². The Morgan fingerprint density at radius 3 is 2.58 bits per heavy atom. The molecule has 7 heteroatoms. The first-order chi connectivity index (χ1) is 8.78. The van der Waals surface area contributed by atoms with E-state index in [1.165, 1.54) is 4.68 Å². The highest BCUT2D eigenvalue weighted by molar-refractivity contribution is 6.07. The van der Waals surface area contributed by atoms with Gasteiger partial charge in [-0.05, 0) is 20.8 Å². The van der Waals surface area contributed by atoms with Crippen molar-refractivity contribution in [3.63, 3.8) is 0 Å². The van der Waals surface area contributed by atoms with Crippen LogP contribution in [-0.4, -0.2) is 40.0 Å². The van der Waals surface area contributed by atoms with Crippen molar-refractivity contribution in [3.8, 4) is 0 Å². The van der Waals surface area contributed by atoms with Gasteiger partial charge in [0.25, 0.3) is 5.91 Å². The quantitative estimate of drug-likeness (QED) is 0.590. The van der Waals surface area contributed by atoms with Crippen molar-refractivity contribution in [2.75, 3.05) is 11.4 Å². The summed E-state index contributed by atoms with van der Waals surface area (Å²) in [6.45, 7) is 5.13. The number of piperazine rings is 1. The van der Waals surface area contributed by atoms with Gasteiger partial charge in [-0.1, -0.05) is 0 Å². The number of aryl methyl sites for hydroxylation is 2. The Balaban J connectivity index is 2.59. The maximum atomic E-state index is 11.9. The molecule has 1 fully saturated rings. The second-order valence-corrected chi connectivity index (χ2v) is 5.09. The van der Waals surface area contributed by atoms with E-state index >= 15 is 0 Å². The molecule has 2 amide bonds. The predicted molar refractivity (Wildman–Crippen MR) is 67.9 cm³/mol. The highest BCUT2D eigenvalue weighted by atomic mass is 16.2. The van der Waals surface area contributed by atoms with Crippen molar-refractivity contribution in [2.24, 2.45) is 7.05 Å². The number of aldehydes is 1. The second-order valence-electron chi connectivity index (χ2n) is 5.09. The predicted octanol–water partition coefficient (Wildman–Crippen LogP) is -0.218. The first-order valence-electron chi connectivity index (χ1n) is 5.89. The van der Waals surface area contributed by atoms with Gasteiger partial charge in [0.2, 0.25) is 5.91 Å². The van der Waals surface area contributed by atoms with E-state index in [1.54, 1.807) is 32.7 Å². The van der Waals surface area contributed by atoms with Crippen molar-refractivity contribution in [3.05, 3.63) is 11.3 Å². The molecule has 0 radical (unpaired) electrons. The second kappa shape index (κ2) is 4.18. The number of aromatic nitrogens is 2. The van der Waals surface area contributed by atoms with E-state index in [1.807, 2.05) is 0 Å². The van der Waals surface area contributed by atoms with E-state index in [4.69, 9.17) is 0 Å². The largest absolute Gasteiger partial charge is 0.333 e. The summed E-state index contributed by atoms with van der Waals surface area (Å²) in [5.74, 6) is -0.292. The third-order valence-corrected chi connectivity index (χ3v) is 3.40. The average molecular weight is 264 g/mol. The molecule has 0 aromatic carbocycles. The Hall–Kier alpha value is -2.18. The lowest BCUT2D eigenvalue weighted by Crippen LogP contribution is -2.64.